The van der Waals surface area contributed by atoms with Gasteiger partial charge >= 0.3 is 0 Å². The van der Waals surface area contributed by atoms with Gasteiger partial charge in [0.15, 0.2) is 0 Å². The Bertz CT molecular complexity index is 799. The number of sulfonamides is 1. The Balaban J connectivity index is 1.76. The maximum atomic E-state index is 12.9. The number of carbonyl (C=O) groups excluding carboxylic acids is 1. The van der Waals surface area contributed by atoms with Gasteiger partial charge in [-0.2, -0.15) is 4.31 Å². The Kier molecular flexibility index (Phi) is 6.37. The van der Waals surface area contributed by atoms with Crippen molar-refractivity contribution >= 4 is 27.5 Å². The van der Waals surface area contributed by atoms with Crippen LogP contribution in [0.4, 0.5) is 0 Å². The third kappa shape index (κ3) is 4.48. The number of hydrogen-bond donors (Lipinski definition) is 1. The average molecular weight is 397 g/mol. The molecular formula is C19H25ClN2O3S. The minimum absolute atomic E-state index is 0.0191. The molecule has 26 heavy (non-hydrogen) atoms. The lowest BCUT2D eigenvalue weighted by atomic mass is 9.99. The van der Waals surface area contributed by atoms with E-state index >= 15 is 0 Å². The third-order valence-corrected chi connectivity index (χ3v) is 7.37. The van der Waals surface area contributed by atoms with Crippen molar-refractivity contribution in [3.8, 4) is 0 Å². The van der Waals surface area contributed by atoms with Crippen LogP contribution in [0.25, 0.3) is 0 Å². The number of hydrogen-bond acceptors (Lipinski definition) is 3. The van der Waals surface area contributed by atoms with Gasteiger partial charge in [0.25, 0.3) is 5.91 Å². The van der Waals surface area contributed by atoms with Crippen LogP contribution in [0, 0.1) is 0 Å². The quantitative estimate of drug-likeness (QED) is 0.771. The summed E-state index contributed by atoms with van der Waals surface area (Å²) in [4.78, 5) is 12.5. The number of rotatable bonds is 5. The fourth-order valence-electron chi connectivity index (χ4n) is 3.45. The van der Waals surface area contributed by atoms with E-state index < -0.39 is 10.0 Å². The van der Waals surface area contributed by atoms with Crippen LogP contribution in [0.3, 0.4) is 0 Å². The Morgan fingerprint density at radius 1 is 1.12 bits per heavy atom. The van der Waals surface area contributed by atoms with Crippen molar-refractivity contribution in [2.45, 2.75) is 49.8 Å². The maximum Gasteiger partial charge on any atom is 0.251 e. The lowest BCUT2D eigenvalue weighted by Crippen LogP contribution is -2.36. The van der Waals surface area contributed by atoms with Gasteiger partial charge in [-0.15, -0.1) is 0 Å². The normalized spacial score (nSPS) is 19.0. The minimum Gasteiger partial charge on any atom is -0.348 e. The van der Waals surface area contributed by atoms with Crippen LogP contribution >= 0.6 is 11.6 Å². The van der Waals surface area contributed by atoms with Gasteiger partial charge in [-0.25, -0.2) is 8.42 Å². The zero-order valence-electron chi connectivity index (χ0n) is 14.8. The molecule has 0 unspecified atom stereocenters. The van der Waals surface area contributed by atoms with E-state index in [1.807, 2.05) is 0 Å². The third-order valence-electron chi connectivity index (χ3n) is 4.99. The number of nitrogens with one attached hydrogen (secondary N) is 1. The van der Waals surface area contributed by atoms with Gasteiger partial charge in [0, 0.05) is 25.2 Å². The van der Waals surface area contributed by atoms with Gasteiger partial charge in [-0.1, -0.05) is 29.7 Å². The van der Waals surface area contributed by atoms with Crippen LogP contribution < -0.4 is 5.32 Å². The van der Waals surface area contributed by atoms with Crippen molar-refractivity contribution in [1.29, 1.82) is 0 Å². The molecule has 7 heteroatoms. The first-order valence-corrected chi connectivity index (χ1v) is 11.1. The maximum absolute atomic E-state index is 12.9. The summed E-state index contributed by atoms with van der Waals surface area (Å²) in [6.45, 7) is 1.52. The second kappa shape index (κ2) is 8.55. The van der Waals surface area contributed by atoms with Crippen LogP contribution in [-0.2, 0) is 10.0 Å². The van der Waals surface area contributed by atoms with Crippen LogP contribution in [-0.4, -0.2) is 38.3 Å². The molecule has 1 aromatic rings. The molecule has 1 aliphatic carbocycles. The zero-order chi connectivity index (χ0) is 18.6. The molecule has 1 saturated heterocycles. The van der Waals surface area contributed by atoms with Gasteiger partial charge in [-0.3, -0.25) is 4.79 Å². The molecule has 142 valence electrons. The van der Waals surface area contributed by atoms with Crippen molar-refractivity contribution in [2.24, 2.45) is 0 Å². The second-order valence-corrected chi connectivity index (χ2v) is 9.21. The van der Waals surface area contributed by atoms with E-state index in [9.17, 15) is 13.2 Å². The summed E-state index contributed by atoms with van der Waals surface area (Å²) in [5, 5.41) is 3.04. The molecule has 0 radical (unpaired) electrons. The summed E-state index contributed by atoms with van der Waals surface area (Å²) in [5.74, 6) is -0.275. The highest BCUT2D eigenvalue weighted by Crippen LogP contribution is 2.28. The van der Waals surface area contributed by atoms with Crippen LogP contribution in [0.5, 0.6) is 0 Å². The highest BCUT2D eigenvalue weighted by atomic mass is 35.5. The summed E-state index contributed by atoms with van der Waals surface area (Å²) >= 11 is 6.16. The van der Waals surface area contributed by atoms with E-state index in [0.29, 0.717) is 25.2 Å². The van der Waals surface area contributed by atoms with Gasteiger partial charge < -0.3 is 5.32 Å². The van der Waals surface area contributed by atoms with Crippen molar-refractivity contribution in [3.63, 3.8) is 0 Å². The molecule has 1 aliphatic heterocycles. The summed E-state index contributed by atoms with van der Waals surface area (Å²) in [6, 6.07) is 4.46. The molecule has 0 saturated carbocycles. The lowest BCUT2D eigenvalue weighted by Gasteiger charge is -2.26. The van der Waals surface area contributed by atoms with Crippen LogP contribution in [0.15, 0.2) is 34.7 Å². The van der Waals surface area contributed by atoms with Gasteiger partial charge in [0.2, 0.25) is 10.0 Å². The molecule has 3 rings (SSSR count). The van der Waals surface area contributed by atoms with Gasteiger partial charge in [0.05, 0.1) is 5.02 Å². The molecule has 2 aliphatic rings. The first kappa shape index (κ1) is 19.4. The van der Waals surface area contributed by atoms with Crippen molar-refractivity contribution in [3.05, 3.63) is 40.4 Å². The van der Waals surface area contributed by atoms with Crippen molar-refractivity contribution in [1.82, 2.24) is 9.62 Å². The standard InChI is InChI=1S/C19H25ClN2O3S/c20-17-10-9-16(19(23)21-14-15-7-3-1-4-8-15)13-18(17)26(24,25)22-11-5-2-6-12-22/h7,9-10,13H,1-6,8,11-12,14H2,(H,21,23). The van der Waals surface area contributed by atoms with E-state index in [1.165, 1.54) is 28.4 Å². The first-order valence-electron chi connectivity index (χ1n) is 9.24. The summed E-state index contributed by atoms with van der Waals surface area (Å²) in [7, 11) is -3.67. The lowest BCUT2D eigenvalue weighted by molar-refractivity contribution is 0.0956. The van der Waals surface area contributed by atoms with Gasteiger partial charge in [0.1, 0.15) is 4.90 Å². The number of piperidine rings is 1. The highest BCUT2D eigenvalue weighted by molar-refractivity contribution is 7.89. The Labute approximate surface area is 160 Å². The largest absolute Gasteiger partial charge is 0.348 e. The number of amides is 1. The van der Waals surface area contributed by atoms with Crippen molar-refractivity contribution in [2.75, 3.05) is 19.6 Å². The van der Waals surface area contributed by atoms with Crippen molar-refractivity contribution < 1.29 is 13.2 Å². The van der Waals surface area contributed by atoms with E-state index in [4.69, 9.17) is 11.6 Å². The SMILES string of the molecule is O=C(NCC1=CCCCC1)c1ccc(Cl)c(S(=O)(=O)N2CCCCC2)c1. The Morgan fingerprint density at radius 2 is 1.88 bits per heavy atom. The fourth-order valence-corrected chi connectivity index (χ4v) is 5.47. The number of allylic oxidation sites excluding steroid dienone is 1. The molecule has 5 nitrogen and oxygen atoms in total. The topological polar surface area (TPSA) is 66.5 Å². The number of halogens is 1. The number of benzene rings is 1. The van der Waals surface area contributed by atoms with E-state index in [-0.39, 0.29) is 15.8 Å². The molecule has 1 amide bonds. The molecule has 1 fully saturated rings. The second-order valence-electron chi connectivity index (χ2n) is 6.90. The molecular weight excluding hydrogens is 372 g/mol. The molecule has 1 heterocycles. The van der Waals surface area contributed by atoms with E-state index in [2.05, 4.69) is 11.4 Å². The predicted octanol–water partition coefficient (Wildman–Crippen LogP) is 3.74. The highest BCUT2D eigenvalue weighted by Gasteiger charge is 2.28. The summed E-state index contributed by atoms with van der Waals surface area (Å²) in [5.41, 5.74) is 1.56. The first-order chi connectivity index (χ1) is 12.5. The predicted molar refractivity (Wildman–Crippen MR) is 103 cm³/mol. The molecule has 0 bridgehead atoms. The molecule has 1 aromatic carbocycles. The molecule has 1 N–H and O–H groups in total. The monoisotopic (exact) mass is 396 g/mol. The van der Waals surface area contributed by atoms with Crippen LogP contribution in [0.1, 0.15) is 55.3 Å². The Hall–Kier alpha value is -1.37. The van der Waals surface area contributed by atoms with Gasteiger partial charge in [-0.05, 0) is 56.7 Å². The summed E-state index contributed by atoms with van der Waals surface area (Å²) < 4.78 is 27.2. The van der Waals surface area contributed by atoms with E-state index in [0.717, 1.165) is 38.5 Å². The summed E-state index contributed by atoms with van der Waals surface area (Å²) in [6.07, 6.45) is 9.35. The minimum atomic E-state index is -3.67. The molecule has 0 spiro atoms. The number of nitrogens with zero attached hydrogens (tertiary/aromatic N) is 1. The fraction of sp³-hybridized carbons (Fsp3) is 0.526. The zero-order valence-corrected chi connectivity index (χ0v) is 16.4. The molecule has 0 aromatic heterocycles. The van der Waals surface area contributed by atoms with Crippen LogP contribution in [0.2, 0.25) is 5.02 Å². The Morgan fingerprint density at radius 3 is 2.58 bits per heavy atom. The van der Waals surface area contributed by atoms with E-state index in [1.54, 1.807) is 6.07 Å². The average Bonchev–Trinajstić information content (AvgIpc) is 2.68. The smallest absolute Gasteiger partial charge is 0.251 e. The molecule has 0 atom stereocenters. The number of carbonyl (C=O) groups is 1.